The van der Waals surface area contributed by atoms with Crippen LogP contribution in [0.2, 0.25) is 0 Å². The van der Waals surface area contributed by atoms with Crippen molar-refractivity contribution in [3.63, 3.8) is 0 Å². The quantitative estimate of drug-likeness (QED) is 0.801. The first kappa shape index (κ1) is 19.9. The molecule has 0 unspecified atom stereocenters. The zero-order valence-corrected chi connectivity index (χ0v) is 16.2. The molecule has 28 heavy (non-hydrogen) atoms. The van der Waals surface area contributed by atoms with E-state index in [9.17, 15) is 9.59 Å². The van der Waals surface area contributed by atoms with Crippen molar-refractivity contribution >= 4 is 23.2 Å². The minimum atomic E-state index is -0.249. The van der Waals surface area contributed by atoms with Crippen molar-refractivity contribution in [3.05, 3.63) is 53.6 Å². The van der Waals surface area contributed by atoms with Gasteiger partial charge in [0.05, 0.1) is 32.4 Å². The second kappa shape index (κ2) is 9.34. The van der Waals surface area contributed by atoms with Gasteiger partial charge in [-0.25, -0.2) is 0 Å². The van der Waals surface area contributed by atoms with Gasteiger partial charge in [-0.05, 0) is 42.8 Å². The molecule has 0 bridgehead atoms. The molecule has 1 fully saturated rings. The molecule has 2 aromatic carbocycles. The van der Waals surface area contributed by atoms with Gasteiger partial charge in [-0.1, -0.05) is 12.1 Å². The number of anilines is 2. The Balaban J connectivity index is 1.61. The fraction of sp³-hybridized carbons (Fsp3) is 0.333. The molecule has 7 heteroatoms. The SMILES string of the molecule is COc1ccccc1C(=O)Nc1ccc(NC(=O)CN2CCOCC2)c(C)c1. The topological polar surface area (TPSA) is 79.9 Å². The Bertz CT molecular complexity index is 847. The van der Waals surface area contributed by atoms with E-state index >= 15 is 0 Å². The fourth-order valence-corrected chi connectivity index (χ4v) is 3.06. The average molecular weight is 383 g/mol. The molecule has 2 aromatic rings. The summed E-state index contributed by atoms with van der Waals surface area (Å²) in [6, 6.07) is 12.4. The maximum Gasteiger partial charge on any atom is 0.259 e. The lowest BCUT2D eigenvalue weighted by Gasteiger charge is -2.25. The number of carbonyl (C=O) groups is 2. The van der Waals surface area contributed by atoms with Crippen molar-refractivity contribution in [1.82, 2.24) is 4.90 Å². The smallest absolute Gasteiger partial charge is 0.259 e. The number of amides is 2. The van der Waals surface area contributed by atoms with Crippen LogP contribution in [0, 0.1) is 6.92 Å². The lowest BCUT2D eigenvalue weighted by Crippen LogP contribution is -2.41. The van der Waals surface area contributed by atoms with E-state index < -0.39 is 0 Å². The zero-order valence-electron chi connectivity index (χ0n) is 16.2. The Morgan fingerprint density at radius 1 is 1.11 bits per heavy atom. The minimum Gasteiger partial charge on any atom is -0.496 e. The Kier molecular flexibility index (Phi) is 6.62. The molecule has 1 aliphatic heterocycles. The second-order valence-electron chi connectivity index (χ2n) is 6.62. The lowest BCUT2D eigenvalue weighted by atomic mass is 10.1. The number of ether oxygens (including phenoxy) is 2. The van der Waals surface area contributed by atoms with Gasteiger partial charge in [0.2, 0.25) is 5.91 Å². The van der Waals surface area contributed by atoms with E-state index in [2.05, 4.69) is 15.5 Å². The fourth-order valence-electron chi connectivity index (χ4n) is 3.06. The number of carbonyl (C=O) groups excluding carboxylic acids is 2. The number of para-hydroxylation sites is 1. The molecule has 1 heterocycles. The predicted molar refractivity (Wildman–Crippen MR) is 108 cm³/mol. The second-order valence-corrected chi connectivity index (χ2v) is 6.62. The standard InChI is InChI=1S/C21H25N3O4/c1-15-13-16(22-21(26)17-5-3-4-6-19(17)27-2)7-8-18(15)23-20(25)14-24-9-11-28-12-10-24/h3-8,13H,9-12,14H2,1-2H3,(H,22,26)(H,23,25). The van der Waals surface area contributed by atoms with Gasteiger partial charge in [-0.3, -0.25) is 14.5 Å². The first-order valence-electron chi connectivity index (χ1n) is 9.22. The van der Waals surface area contributed by atoms with Crippen LogP contribution in [-0.2, 0) is 9.53 Å². The summed E-state index contributed by atoms with van der Waals surface area (Å²) in [7, 11) is 1.53. The van der Waals surface area contributed by atoms with Gasteiger partial charge in [-0.2, -0.15) is 0 Å². The van der Waals surface area contributed by atoms with Crippen LogP contribution in [0.3, 0.4) is 0 Å². The number of nitrogens with one attached hydrogen (secondary N) is 2. The normalized spacial score (nSPS) is 14.4. The number of aryl methyl sites for hydroxylation is 1. The number of nitrogens with zero attached hydrogens (tertiary/aromatic N) is 1. The zero-order chi connectivity index (χ0) is 19.9. The van der Waals surface area contributed by atoms with Crippen LogP contribution in [0.4, 0.5) is 11.4 Å². The Labute approximate surface area is 164 Å². The number of morpholine rings is 1. The largest absolute Gasteiger partial charge is 0.496 e. The third-order valence-electron chi connectivity index (χ3n) is 4.58. The number of methoxy groups -OCH3 is 1. The Morgan fingerprint density at radius 2 is 1.86 bits per heavy atom. The summed E-state index contributed by atoms with van der Waals surface area (Å²) in [5.74, 6) is 0.209. The molecular formula is C21H25N3O4. The number of hydrogen-bond donors (Lipinski definition) is 2. The van der Waals surface area contributed by atoms with Crippen molar-refractivity contribution in [1.29, 1.82) is 0 Å². The van der Waals surface area contributed by atoms with Gasteiger partial charge < -0.3 is 20.1 Å². The summed E-state index contributed by atoms with van der Waals surface area (Å²) in [5, 5.41) is 5.80. The van der Waals surface area contributed by atoms with Crippen LogP contribution in [0.1, 0.15) is 15.9 Å². The van der Waals surface area contributed by atoms with Gasteiger partial charge in [0.1, 0.15) is 5.75 Å². The molecule has 0 spiro atoms. The predicted octanol–water partition coefficient (Wildman–Crippen LogP) is 2.53. The van der Waals surface area contributed by atoms with Crippen molar-refractivity contribution in [2.75, 3.05) is 50.6 Å². The van der Waals surface area contributed by atoms with Crippen LogP contribution in [-0.4, -0.2) is 56.7 Å². The van der Waals surface area contributed by atoms with Crippen molar-refractivity contribution in [3.8, 4) is 5.75 Å². The third kappa shape index (κ3) is 5.09. The van der Waals surface area contributed by atoms with Crippen molar-refractivity contribution < 1.29 is 19.1 Å². The molecule has 2 N–H and O–H groups in total. The van der Waals surface area contributed by atoms with E-state index in [1.807, 2.05) is 19.1 Å². The summed E-state index contributed by atoms with van der Waals surface area (Å²) in [6.45, 7) is 5.08. The molecule has 3 rings (SSSR count). The summed E-state index contributed by atoms with van der Waals surface area (Å²) >= 11 is 0. The average Bonchev–Trinajstić information content (AvgIpc) is 2.70. The van der Waals surface area contributed by atoms with Crippen molar-refractivity contribution in [2.24, 2.45) is 0 Å². The van der Waals surface area contributed by atoms with Crippen LogP contribution in [0.5, 0.6) is 5.75 Å². The third-order valence-corrected chi connectivity index (χ3v) is 4.58. The van der Waals surface area contributed by atoms with E-state index in [4.69, 9.17) is 9.47 Å². The molecule has 0 saturated carbocycles. The molecule has 1 aliphatic rings. The first-order valence-corrected chi connectivity index (χ1v) is 9.22. The molecule has 0 aromatic heterocycles. The van der Waals surface area contributed by atoms with Gasteiger partial charge in [-0.15, -0.1) is 0 Å². The van der Waals surface area contributed by atoms with E-state index in [0.29, 0.717) is 36.8 Å². The van der Waals surface area contributed by atoms with Gasteiger partial charge in [0, 0.05) is 24.5 Å². The molecule has 148 valence electrons. The maximum absolute atomic E-state index is 12.5. The highest BCUT2D eigenvalue weighted by Crippen LogP contribution is 2.22. The van der Waals surface area contributed by atoms with Gasteiger partial charge in [0.25, 0.3) is 5.91 Å². The molecular weight excluding hydrogens is 358 g/mol. The minimum absolute atomic E-state index is 0.0594. The number of hydrogen-bond acceptors (Lipinski definition) is 5. The highest BCUT2D eigenvalue weighted by atomic mass is 16.5. The molecule has 7 nitrogen and oxygen atoms in total. The summed E-state index contributed by atoms with van der Waals surface area (Å²) < 4.78 is 10.5. The van der Waals surface area contributed by atoms with E-state index in [1.165, 1.54) is 7.11 Å². The van der Waals surface area contributed by atoms with Crippen LogP contribution in [0.25, 0.3) is 0 Å². The number of rotatable bonds is 6. The molecule has 1 saturated heterocycles. The molecule has 0 aliphatic carbocycles. The summed E-state index contributed by atoms with van der Waals surface area (Å²) in [6.07, 6.45) is 0. The summed E-state index contributed by atoms with van der Waals surface area (Å²) in [5.41, 5.74) is 2.71. The Hall–Kier alpha value is -2.90. The summed E-state index contributed by atoms with van der Waals surface area (Å²) in [4.78, 5) is 26.9. The van der Waals surface area contributed by atoms with Crippen LogP contribution in [0.15, 0.2) is 42.5 Å². The molecule has 0 atom stereocenters. The van der Waals surface area contributed by atoms with Crippen LogP contribution >= 0.6 is 0 Å². The monoisotopic (exact) mass is 383 g/mol. The van der Waals surface area contributed by atoms with Crippen molar-refractivity contribution in [2.45, 2.75) is 6.92 Å². The van der Waals surface area contributed by atoms with E-state index in [0.717, 1.165) is 24.3 Å². The Morgan fingerprint density at radius 3 is 2.57 bits per heavy atom. The highest BCUT2D eigenvalue weighted by Gasteiger charge is 2.15. The van der Waals surface area contributed by atoms with E-state index in [-0.39, 0.29) is 11.8 Å². The van der Waals surface area contributed by atoms with Gasteiger partial charge >= 0.3 is 0 Å². The van der Waals surface area contributed by atoms with Gasteiger partial charge in [0.15, 0.2) is 0 Å². The first-order chi connectivity index (χ1) is 13.6. The van der Waals surface area contributed by atoms with E-state index in [1.54, 1.807) is 30.3 Å². The highest BCUT2D eigenvalue weighted by molar-refractivity contribution is 6.06. The maximum atomic E-state index is 12.5. The number of benzene rings is 2. The molecule has 2 amide bonds. The molecule has 0 radical (unpaired) electrons. The lowest BCUT2D eigenvalue weighted by molar-refractivity contribution is -0.118. The van der Waals surface area contributed by atoms with Crippen LogP contribution < -0.4 is 15.4 Å².